The SMILES string of the molecule is Clc1nc(Cc2cccnc2)nc(N2CCCC2)n1. The Bertz CT molecular complexity index is 554. The van der Waals surface area contributed by atoms with E-state index >= 15 is 0 Å². The van der Waals surface area contributed by atoms with Crippen molar-refractivity contribution >= 4 is 17.5 Å². The smallest absolute Gasteiger partial charge is 0.229 e. The van der Waals surface area contributed by atoms with E-state index in [4.69, 9.17) is 11.6 Å². The van der Waals surface area contributed by atoms with Crippen molar-refractivity contribution in [2.45, 2.75) is 19.3 Å². The molecule has 0 spiro atoms. The predicted octanol–water partition coefficient (Wildman–Crippen LogP) is 2.11. The molecule has 0 N–H and O–H groups in total. The van der Waals surface area contributed by atoms with Gasteiger partial charge < -0.3 is 4.90 Å². The lowest BCUT2D eigenvalue weighted by Crippen LogP contribution is -2.21. The van der Waals surface area contributed by atoms with E-state index < -0.39 is 0 Å². The van der Waals surface area contributed by atoms with Crippen molar-refractivity contribution in [2.75, 3.05) is 18.0 Å². The Balaban J connectivity index is 1.85. The van der Waals surface area contributed by atoms with E-state index in [9.17, 15) is 0 Å². The zero-order valence-electron chi connectivity index (χ0n) is 10.5. The van der Waals surface area contributed by atoms with E-state index in [1.807, 2.05) is 18.3 Å². The maximum Gasteiger partial charge on any atom is 0.229 e. The molecule has 0 saturated carbocycles. The van der Waals surface area contributed by atoms with E-state index in [0.29, 0.717) is 18.2 Å². The first-order valence-corrected chi connectivity index (χ1v) is 6.73. The molecule has 0 bridgehead atoms. The second-order valence-electron chi connectivity index (χ2n) is 4.55. The average Bonchev–Trinajstić information content (AvgIpc) is 2.93. The molecule has 1 fully saturated rings. The van der Waals surface area contributed by atoms with Crippen LogP contribution in [0.3, 0.4) is 0 Å². The molecule has 5 nitrogen and oxygen atoms in total. The van der Waals surface area contributed by atoms with Crippen molar-refractivity contribution in [3.05, 3.63) is 41.2 Å². The van der Waals surface area contributed by atoms with Gasteiger partial charge >= 0.3 is 0 Å². The highest BCUT2D eigenvalue weighted by atomic mass is 35.5. The summed E-state index contributed by atoms with van der Waals surface area (Å²) in [7, 11) is 0. The molecule has 6 heteroatoms. The Morgan fingerprint density at radius 3 is 2.74 bits per heavy atom. The van der Waals surface area contributed by atoms with Gasteiger partial charge in [0.05, 0.1) is 0 Å². The zero-order chi connectivity index (χ0) is 13.1. The molecule has 0 atom stereocenters. The molecule has 19 heavy (non-hydrogen) atoms. The molecule has 0 unspecified atom stereocenters. The van der Waals surface area contributed by atoms with Gasteiger partial charge in [-0.3, -0.25) is 4.98 Å². The Hall–Kier alpha value is -1.75. The van der Waals surface area contributed by atoms with Crippen molar-refractivity contribution in [3.63, 3.8) is 0 Å². The molecule has 2 aromatic rings. The van der Waals surface area contributed by atoms with Gasteiger partial charge in [0.25, 0.3) is 0 Å². The van der Waals surface area contributed by atoms with Gasteiger partial charge in [0.2, 0.25) is 11.2 Å². The van der Waals surface area contributed by atoms with Crippen molar-refractivity contribution < 1.29 is 0 Å². The van der Waals surface area contributed by atoms with Crippen LogP contribution in [0.5, 0.6) is 0 Å². The van der Waals surface area contributed by atoms with E-state index in [1.165, 1.54) is 12.8 Å². The highest BCUT2D eigenvalue weighted by Crippen LogP contribution is 2.18. The molecule has 0 radical (unpaired) electrons. The van der Waals surface area contributed by atoms with Crippen LogP contribution in [0.2, 0.25) is 5.28 Å². The number of hydrogen-bond donors (Lipinski definition) is 0. The van der Waals surface area contributed by atoms with E-state index in [0.717, 1.165) is 18.7 Å². The molecule has 1 aliphatic rings. The Kier molecular flexibility index (Phi) is 3.55. The molecule has 1 aliphatic heterocycles. The maximum atomic E-state index is 5.99. The summed E-state index contributed by atoms with van der Waals surface area (Å²) in [6, 6.07) is 3.90. The molecular formula is C13H14ClN5. The van der Waals surface area contributed by atoms with Gasteiger partial charge in [-0.25, -0.2) is 4.98 Å². The van der Waals surface area contributed by atoms with Crippen molar-refractivity contribution in [1.82, 2.24) is 19.9 Å². The van der Waals surface area contributed by atoms with Crippen LogP contribution in [0, 0.1) is 0 Å². The van der Waals surface area contributed by atoms with Gasteiger partial charge in [0, 0.05) is 31.9 Å². The topological polar surface area (TPSA) is 54.8 Å². The lowest BCUT2D eigenvalue weighted by atomic mass is 10.2. The number of halogens is 1. The summed E-state index contributed by atoms with van der Waals surface area (Å²) in [5, 5.41) is 0.260. The minimum absolute atomic E-state index is 0.260. The molecule has 2 aromatic heterocycles. The van der Waals surface area contributed by atoms with Crippen LogP contribution in [0.1, 0.15) is 24.2 Å². The van der Waals surface area contributed by atoms with Gasteiger partial charge in [0.15, 0.2) is 0 Å². The Morgan fingerprint density at radius 2 is 2.00 bits per heavy atom. The molecule has 0 aliphatic carbocycles. The minimum atomic E-state index is 0.260. The number of anilines is 1. The van der Waals surface area contributed by atoms with Gasteiger partial charge in [0.1, 0.15) is 5.82 Å². The molecule has 0 aromatic carbocycles. The summed E-state index contributed by atoms with van der Waals surface area (Å²) in [4.78, 5) is 19.1. The van der Waals surface area contributed by atoms with Crippen LogP contribution < -0.4 is 4.90 Å². The second-order valence-corrected chi connectivity index (χ2v) is 4.89. The van der Waals surface area contributed by atoms with Crippen LogP contribution in [0.25, 0.3) is 0 Å². The van der Waals surface area contributed by atoms with Crippen LogP contribution in [-0.4, -0.2) is 33.0 Å². The number of aromatic nitrogens is 4. The third-order valence-corrected chi connectivity index (χ3v) is 3.29. The molecule has 0 amide bonds. The average molecular weight is 276 g/mol. The molecule has 1 saturated heterocycles. The van der Waals surface area contributed by atoms with Crippen molar-refractivity contribution in [3.8, 4) is 0 Å². The summed E-state index contributed by atoms with van der Waals surface area (Å²) in [5.41, 5.74) is 1.07. The first kappa shape index (κ1) is 12.3. The lowest BCUT2D eigenvalue weighted by molar-refractivity contribution is 0.841. The minimum Gasteiger partial charge on any atom is -0.341 e. The van der Waals surface area contributed by atoms with E-state index in [-0.39, 0.29) is 5.28 Å². The Morgan fingerprint density at radius 1 is 1.16 bits per heavy atom. The summed E-state index contributed by atoms with van der Waals surface area (Å²) in [6.07, 6.45) is 6.55. The first-order chi connectivity index (χ1) is 9.31. The Labute approximate surface area is 116 Å². The largest absolute Gasteiger partial charge is 0.341 e. The van der Waals surface area contributed by atoms with E-state index in [1.54, 1.807) is 6.20 Å². The van der Waals surface area contributed by atoms with Gasteiger partial charge in [-0.15, -0.1) is 0 Å². The summed E-state index contributed by atoms with van der Waals surface area (Å²) < 4.78 is 0. The monoisotopic (exact) mass is 275 g/mol. The van der Waals surface area contributed by atoms with Crippen LogP contribution in [-0.2, 0) is 6.42 Å². The van der Waals surface area contributed by atoms with Crippen LogP contribution >= 0.6 is 11.6 Å². The standard InChI is InChI=1S/C13H14ClN5/c14-12-16-11(8-10-4-3-5-15-9-10)17-13(18-12)19-6-1-2-7-19/h3-5,9H,1-2,6-8H2. The first-order valence-electron chi connectivity index (χ1n) is 6.35. The van der Waals surface area contributed by atoms with E-state index in [2.05, 4.69) is 24.8 Å². The molecule has 98 valence electrons. The maximum absolute atomic E-state index is 5.99. The number of nitrogens with zero attached hydrogens (tertiary/aromatic N) is 5. The second kappa shape index (κ2) is 5.48. The fourth-order valence-electron chi connectivity index (χ4n) is 2.20. The van der Waals surface area contributed by atoms with Crippen molar-refractivity contribution in [2.24, 2.45) is 0 Å². The number of rotatable bonds is 3. The van der Waals surface area contributed by atoms with Crippen LogP contribution in [0.4, 0.5) is 5.95 Å². The lowest BCUT2D eigenvalue weighted by Gasteiger charge is -2.15. The fraction of sp³-hybridized carbons (Fsp3) is 0.385. The number of pyridine rings is 1. The summed E-state index contributed by atoms with van der Waals surface area (Å²) in [5.74, 6) is 1.38. The highest BCUT2D eigenvalue weighted by molar-refractivity contribution is 6.28. The highest BCUT2D eigenvalue weighted by Gasteiger charge is 2.16. The van der Waals surface area contributed by atoms with Gasteiger partial charge in [-0.05, 0) is 36.1 Å². The third-order valence-electron chi connectivity index (χ3n) is 3.12. The fourth-order valence-corrected chi connectivity index (χ4v) is 2.38. The molecule has 3 rings (SSSR count). The zero-order valence-corrected chi connectivity index (χ0v) is 11.2. The van der Waals surface area contributed by atoms with Gasteiger partial charge in [-0.1, -0.05) is 6.07 Å². The third kappa shape index (κ3) is 2.98. The molecule has 3 heterocycles. The molecular weight excluding hydrogens is 262 g/mol. The van der Waals surface area contributed by atoms with Crippen molar-refractivity contribution in [1.29, 1.82) is 0 Å². The summed E-state index contributed by atoms with van der Waals surface area (Å²) >= 11 is 5.99. The van der Waals surface area contributed by atoms with Crippen LogP contribution in [0.15, 0.2) is 24.5 Å². The summed E-state index contributed by atoms with van der Waals surface area (Å²) in [6.45, 7) is 1.99. The normalized spacial score (nSPS) is 14.9. The quantitative estimate of drug-likeness (QED) is 0.859. The number of hydrogen-bond acceptors (Lipinski definition) is 5. The predicted molar refractivity (Wildman–Crippen MR) is 73.3 cm³/mol. The van der Waals surface area contributed by atoms with Gasteiger partial charge in [-0.2, -0.15) is 9.97 Å².